The van der Waals surface area contributed by atoms with E-state index in [-0.39, 0.29) is 61.2 Å². The molecular weight excluding hydrogens is 492 g/mol. The fourth-order valence-corrected chi connectivity index (χ4v) is 9.19. The Labute approximate surface area is 216 Å². The Morgan fingerprint density at radius 3 is 2.35 bits per heavy atom. The van der Waals surface area contributed by atoms with Crippen LogP contribution in [-0.4, -0.2) is 46.7 Å². The molecule has 0 bridgehead atoms. The smallest absolute Gasteiger partial charge is 0.417 e. The number of alkyl halides is 4. The molecule has 0 aromatic heterocycles. The molecule has 5 nitrogen and oxygen atoms in total. The van der Waals surface area contributed by atoms with Gasteiger partial charge >= 0.3 is 18.1 Å². The first-order chi connectivity index (χ1) is 17.3. The number of aliphatic carboxylic acids is 1. The van der Waals surface area contributed by atoms with Crippen molar-refractivity contribution in [3.63, 3.8) is 0 Å². The van der Waals surface area contributed by atoms with Gasteiger partial charge in [0.15, 0.2) is 5.60 Å². The number of carboxylic acid groups (broad SMARTS) is 1. The highest BCUT2D eigenvalue weighted by atomic mass is 19.4. The number of rotatable bonds is 8. The second-order valence-corrected chi connectivity index (χ2v) is 12.7. The predicted molar refractivity (Wildman–Crippen MR) is 128 cm³/mol. The Kier molecular flexibility index (Phi) is 8.24. The van der Waals surface area contributed by atoms with E-state index in [4.69, 9.17) is 9.84 Å². The molecule has 4 rings (SSSR count). The molecule has 0 saturated heterocycles. The van der Waals surface area contributed by atoms with Gasteiger partial charge in [-0.25, -0.2) is 4.39 Å². The molecular formula is C28H42F4O5. The average molecular weight is 535 g/mol. The van der Waals surface area contributed by atoms with Crippen molar-refractivity contribution in [2.24, 2.45) is 46.8 Å². The highest BCUT2D eigenvalue weighted by Gasteiger charge is 2.62. The van der Waals surface area contributed by atoms with Crippen molar-refractivity contribution in [2.45, 2.75) is 109 Å². The van der Waals surface area contributed by atoms with Gasteiger partial charge in [0.2, 0.25) is 0 Å². The largest absolute Gasteiger partial charge is 0.481 e. The minimum absolute atomic E-state index is 0.0298. The van der Waals surface area contributed by atoms with Crippen LogP contribution in [0.4, 0.5) is 17.6 Å². The van der Waals surface area contributed by atoms with E-state index in [9.17, 15) is 32.3 Å². The molecule has 4 aliphatic carbocycles. The van der Waals surface area contributed by atoms with Crippen LogP contribution in [0.1, 0.15) is 90.9 Å². The van der Waals surface area contributed by atoms with Crippen LogP contribution < -0.4 is 0 Å². The molecule has 0 radical (unpaired) electrons. The molecule has 0 aromatic carbocycles. The summed E-state index contributed by atoms with van der Waals surface area (Å²) in [6.07, 6.45) is -0.0143. The maximum Gasteiger partial charge on any atom is 0.417 e. The summed E-state index contributed by atoms with van der Waals surface area (Å²) in [6, 6.07) is 0. The number of halogens is 4. The molecule has 0 spiro atoms. The van der Waals surface area contributed by atoms with Gasteiger partial charge in [0.05, 0.1) is 0 Å². The van der Waals surface area contributed by atoms with Gasteiger partial charge in [-0.05, 0) is 111 Å². The third kappa shape index (κ3) is 5.40. The van der Waals surface area contributed by atoms with Gasteiger partial charge in [-0.3, -0.25) is 9.59 Å². The van der Waals surface area contributed by atoms with Gasteiger partial charge in [-0.1, -0.05) is 13.8 Å². The first-order valence-corrected chi connectivity index (χ1v) is 14.1. The second kappa shape index (κ2) is 10.6. The molecule has 0 unspecified atom stereocenters. The Balaban J connectivity index is 1.40. The van der Waals surface area contributed by atoms with E-state index in [1.807, 2.05) is 6.92 Å². The van der Waals surface area contributed by atoms with Crippen LogP contribution in [0.3, 0.4) is 0 Å². The van der Waals surface area contributed by atoms with Gasteiger partial charge in [-0.15, -0.1) is 0 Å². The number of ether oxygens (including phenoxy) is 1. The molecule has 9 heteroatoms. The van der Waals surface area contributed by atoms with Gasteiger partial charge in [-0.2, -0.15) is 13.2 Å². The highest BCUT2D eigenvalue weighted by molar-refractivity contribution is 5.71. The van der Waals surface area contributed by atoms with E-state index in [1.54, 1.807) is 0 Å². The van der Waals surface area contributed by atoms with Crippen LogP contribution >= 0.6 is 0 Å². The molecule has 0 amide bonds. The predicted octanol–water partition coefficient (Wildman–Crippen LogP) is 6.32. The summed E-state index contributed by atoms with van der Waals surface area (Å²) in [5.74, 6) is -0.140. The van der Waals surface area contributed by atoms with Crippen molar-refractivity contribution < 1.29 is 42.1 Å². The van der Waals surface area contributed by atoms with E-state index in [0.29, 0.717) is 24.2 Å². The van der Waals surface area contributed by atoms with Crippen molar-refractivity contribution in [2.75, 3.05) is 6.67 Å². The first-order valence-electron chi connectivity index (χ1n) is 14.1. The molecule has 0 heterocycles. The number of hydrogen-bond acceptors (Lipinski definition) is 4. The van der Waals surface area contributed by atoms with Crippen molar-refractivity contribution in [3.8, 4) is 0 Å². The lowest BCUT2D eigenvalue weighted by Gasteiger charge is -2.57. The summed E-state index contributed by atoms with van der Waals surface area (Å²) >= 11 is 0. The van der Waals surface area contributed by atoms with Crippen LogP contribution in [0.25, 0.3) is 0 Å². The summed E-state index contributed by atoms with van der Waals surface area (Å²) in [5.41, 5.74) is -2.58. The summed E-state index contributed by atoms with van der Waals surface area (Å²) in [5, 5.41) is 19.1. The van der Waals surface area contributed by atoms with Crippen LogP contribution in [0.5, 0.6) is 0 Å². The number of hydrogen-bond donors (Lipinski definition) is 2. The Morgan fingerprint density at radius 2 is 1.70 bits per heavy atom. The van der Waals surface area contributed by atoms with Crippen molar-refractivity contribution in [3.05, 3.63) is 0 Å². The molecule has 212 valence electrons. The van der Waals surface area contributed by atoms with Crippen molar-refractivity contribution in [1.29, 1.82) is 0 Å². The van der Waals surface area contributed by atoms with E-state index in [2.05, 4.69) is 6.92 Å². The molecule has 0 aromatic rings. The van der Waals surface area contributed by atoms with Gasteiger partial charge in [0.25, 0.3) is 0 Å². The maximum absolute atomic E-state index is 14.0. The number of carbonyl (C=O) groups excluding carboxylic acids is 1. The monoisotopic (exact) mass is 534 g/mol. The van der Waals surface area contributed by atoms with Crippen LogP contribution in [0, 0.1) is 46.8 Å². The quantitative estimate of drug-likeness (QED) is 0.281. The van der Waals surface area contributed by atoms with E-state index in [1.165, 1.54) is 0 Å². The first kappa shape index (κ1) is 28.6. The number of esters is 1. The molecule has 4 aliphatic rings. The lowest BCUT2D eigenvalue weighted by atomic mass is 9.48. The standard InChI is InChI=1S/C28H42F4O5/c1-16(23(15-29)37-25(35)5-3-4-24(33)34)21-8-9-22-20-7-6-17-14-27(36,28(30,31)32)13-11-18(17)19(20)10-12-26(21,22)2/h16-23,36H,3-15H2,1-2H3,(H,33,34)/t16-,17+,18-,19+,20+,21+,22-,23+,26+,27+/m0/s1. The second-order valence-electron chi connectivity index (χ2n) is 12.7. The van der Waals surface area contributed by atoms with E-state index < -0.39 is 36.5 Å². The summed E-state index contributed by atoms with van der Waals surface area (Å²) in [7, 11) is 0. The molecule has 4 saturated carbocycles. The van der Waals surface area contributed by atoms with E-state index >= 15 is 0 Å². The summed E-state index contributed by atoms with van der Waals surface area (Å²) in [6.45, 7) is 3.46. The topological polar surface area (TPSA) is 83.8 Å². The minimum atomic E-state index is -4.58. The zero-order chi connectivity index (χ0) is 27.2. The van der Waals surface area contributed by atoms with Crippen LogP contribution in [0.15, 0.2) is 0 Å². The number of aliphatic hydroxyl groups is 1. The number of fused-ring (bicyclic) bond motifs is 5. The number of carboxylic acids is 1. The fourth-order valence-electron chi connectivity index (χ4n) is 9.19. The molecule has 2 N–H and O–H groups in total. The van der Waals surface area contributed by atoms with Gasteiger partial charge < -0.3 is 14.9 Å². The Hall–Kier alpha value is -1.38. The average Bonchev–Trinajstić information content (AvgIpc) is 3.18. The third-order valence-corrected chi connectivity index (χ3v) is 11.0. The van der Waals surface area contributed by atoms with Gasteiger partial charge in [0.1, 0.15) is 12.8 Å². The van der Waals surface area contributed by atoms with Crippen LogP contribution in [-0.2, 0) is 14.3 Å². The normalized spacial score (nSPS) is 41.2. The zero-order valence-corrected chi connectivity index (χ0v) is 21.9. The molecule has 10 atom stereocenters. The summed E-state index contributed by atoms with van der Waals surface area (Å²) < 4.78 is 60.0. The van der Waals surface area contributed by atoms with E-state index in [0.717, 1.165) is 38.5 Å². The SMILES string of the molecule is C[C@@H]([C@H]1CC[C@H]2[C@@H]3CC[C@@H]4C[C@@](O)(C(F)(F)F)CC[C@@H]4[C@H]3CC[C@]12C)[C@@H](CF)OC(=O)CCCC(=O)O. The Morgan fingerprint density at radius 1 is 1.00 bits per heavy atom. The molecule has 4 fully saturated rings. The van der Waals surface area contributed by atoms with Crippen molar-refractivity contribution in [1.82, 2.24) is 0 Å². The third-order valence-electron chi connectivity index (χ3n) is 11.0. The Bertz CT molecular complexity index is 849. The maximum atomic E-state index is 14.0. The van der Waals surface area contributed by atoms with Crippen LogP contribution in [0.2, 0.25) is 0 Å². The highest BCUT2D eigenvalue weighted by Crippen LogP contribution is 2.66. The molecule has 37 heavy (non-hydrogen) atoms. The van der Waals surface area contributed by atoms with Gasteiger partial charge in [0, 0.05) is 12.8 Å². The minimum Gasteiger partial charge on any atom is -0.481 e. The lowest BCUT2D eigenvalue weighted by molar-refractivity contribution is -0.282. The lowest BCUT2D eigenvalue weighted by Crippen LogP contribution is -2.55. The fraction of sp³-hybridized carbons (Fsp3) is 0.929. The summed E-state index contributed by atoms with van der Waals surface area (Å²) in [4.78, 5) is 22.9. The molecule has 0 aliphatic heterocycles. The number of carbonyl (C=O) groups is 2. The van der Waals surface area contributed by atoms with Crippen molar-refractivity contribution >= 4 is 11.9 Å². The zero-order valence-electron chi connectivity index (χ0n) is 21.9.